The Kier molecular flexibility index (Phi) is 7.56. The number of rotatable bonds is 8. The number of amides is 1. The van der Waals surface area contributed by atoms with E-state index in [1.54, 1.807) is 18.2 Å². The fourth-order valence-electron chi connectivity index (χ4n) is 4.39. The van der Waals surface area contributed by atoms with E-state index in [9.17, 15) is 19.2 Å². The topological polar surface area (TPSA) is 106 Å². The summed E-state index contributed by atoms with van der Waals surface area (Å²) in [6, 6.07) is 7.81. The van der Waals surface area contributed by atoms with Gasteiger partial charge in [-0.3, -0.25) is 4.79 Å². The minimum Gasteiger partial charge on any atom is -0.497 e. The Morgan fingerprint density at radius 3 is 2.40 bits per heavy atom. The zero-order valence-corrected chi connectivity index (χ0v) is 19.8. The number of methoxy groups -OCH3 is 2. The minimum absolute atomic E-state index is 0.0641. The van der Waals surface area contributed by atoms with Crippen molar-refractivity contribution >= 4 is 35.7 Å². The van der Waals surface area contributed by atoms with Crippen LogP contribution in [0.15, 0.2) is 35.9 Å². The molecule has 4 rings (SSSR count). The van der Waals surface area contributed by atoms with Gasteiger partial charge in [0, 0.05) is 0 Å². The number of hydrogen-bond donors (Lipinski definition) is 3. The van der Waals surface area contributed by atoms with E-state index in [1.807, 2.05) is 13.0 Å². The van der Waals surface area contributed by atoms with Gasteiger partial charge >= 0.3 is 7.12 Å². The molecule has 0 saturated carbocycles. The lowest BCUT2D eigenvalue weighted by Gasteiger charge is -2.14. The van der Waals surface area contributed by atoms with Crippen molar-refractivity contribution in [2.24, 2.45) is 0 Å². The second-order valence-corrected chi connectivity index (χ2v) is 8.22. The van der Waals surface area contributed by atoms with Crippen LogP contribution in [0.25, 0.3) is 17.2 Å². The van der Waals surface area contributed by atoms with Crippen LogP contribution >= 0.6 is 0 Å². The molecule has 1 amide bonds. The van der Waals surface area contributed by atoms with Crippen molar-refractivity contribution in [1.29, 1.82) is 0 Å². The van der Waals surface area contributed by atoms with E-state index in [0.717, 1.165) is 22.3 Å². The van der Waals surface area contributed by atoms with Crippen LogP contribution in [0.2, 0.25) is 0 Å². The summed E-state index contributed by atoms with van der Waals surface area (Å²) in [6.45, 7) is 3.13. The Labute approximate surface area is 203 Å². The lowest BCUT2D eigenvalue weighted by Crippen LogP contribution is -2.32. The molecular weight excluding hydrogens is 456 g/mol. The van der Waals surface area contributed by atoms with Crippen molar-refractivity contribution in [3.05, 3.63) is 58.4 Å². The first-order valence-electron chi connectivity index (χ1n) is 11.2. The third kappa shape index (κ3) is 5.25. The molecular formula is C25H27BFNO7. The summed E-state index contributed by atoms with van der Waals surface area (Å²) < 4.78 is 35.6. The third-order valence-electron chi connectivity index (χ3n) is 6.08. The number of carbonyl (C=O) groups is 1. The molecule has 1 aliphatic heterocycles. The maximum absolute atomic E-state index is 14.2. The van der Waals surface area contributed by atoms with Crippen molar-refractivity contribution in [1.82, 2.24) is 5.32 Å². The Bertz CT molecular complexity index is 1160. The molecule has 0 atom stereocenters. The van der Waals surface area contributed by atoms with Crippen LogP contribution in [-0.4, -0.2) is 63.3 Å². The molecule has 0 unspecified atom stereocenters. The van der Waals surface area contributed by atoms with Gasteiger partial charge in [0.05, 0.1) is 45.9 Å². The average molecular weight is 483 g/mol. The SMILES string of the molecule is COc1cc(C=C2C(C)=C(CC(=O)NCC3OCCO3)c3cc(F)ccc32)cc(OC)c1B(O)O. The van der Waals surface area contributed by atoms with Crippen molar-refractivity contribution in [3.8, 4) is 11.5 Å². The summed E-state index contributed by atoms with van der Waals surface area (Å²) in [5, 5.41) is 22.3. The van der Waals surface area contributed by atoms with Crippen LogP contribution < -0.4 is 20.3 Å². The van der Waals surface area contributed by atoms with Gasteiger partial charge in [-0.2, -0.15) is 0 Å². The van der Waals surface area contributed by atoms with Crippen LogP contribution in [0.4, 0.5) is 4.39 Å². The summed E-state index contributed by atoms with van der Waals surface area (Å²) in [5.41, 5.74) is 4.60. The normalized spacial score (nSPS) is 16.6. The first-order valence-corrected chi connectivity index (χ1v) is 11.2. The molecule has 2 aromatic rings. The molecule has 1 saturated heterocycles. The maximum Gasteiger partial charge on any atom is 0.496 e. The molecule has 3 N–H and O–H groups in total. The highest BCUT2D eigenvalue weighted by Gasteiger charge is 2.28. The van der Waals surface area contributed by atoms with E-state index in [1.165, 1.54) is 26.4 Å². The number of allylic oxidation sites excluding steroid dienone is 2. The van der Waals surface area contributed by atoms with Crippen LogP contribution in [0, 0.1) is 5.82 Å². The van der Waals surface area contributed by atoms with Gasteiger partial charge in [-0.05, 0) is 70.7 Å². The fraction of sp³-hybridized carbons (Fsp3) is 0.320. The van der Waals surface area contributed by atoms with Crippen molar-refractivity contribution in [3.63, 3.8) is 0 Å². The van der Waals surface area contributed by atoms with Gasteiger partial charge in [0.25, 0.3) is 0 Å². The third-order valence-corrected chi connectivity index (χ3v) is 6.08. The van der Waals surface area contributed by atoms with E-state index >= 15 is 0 Å². The molecule has 0 radical (unpaired) electrons. The fourth-order valence-corrected chi connectivity index (χ4v) is 4.39. The van der Waals surface area contributed by atoms with E-state index in [4.69, 9.17) is 18.9 Å². The van der Waals surface area contributed by atoms with E-state index < -0.39 is 19.2 Å². The summed E-state index contributed by atoms with van der Waals surface area (Å²) in [6.07, 6.45) is 1.48. The number of hydrogen-bond acceptors (Lipinski definition) is 7. The first kappa shape index (κ1) is 24.9. The Morgan fingerprint density at radius 1 is 1.14 bits per heavy atom. The minimum atomic E-state index is -1.77. The van der Waals surface area contributed by atoms with E-state index in [2.05, 4.69) is 5.32 Å². The Morgan fingerprint density at radius 2 is 1.80 bits per heavy atom. The van der Waals surface area contributed by atoms with Crippen LogP contribution in [-0.2, 0) is 14.3 Å². The highest BCUT2D eigenvalue weighted by molar-refractivity contribution is 6.61. The largest absolute Gasteiger partial charge is 0.497 e. The molecule has 35 heavy (non-hydrogen) atoms. The second kappa shape index (κ2) is 10.6. The number of benzene rings is 2. The average Bonchev–Trinajstić information content (AvgIpc) is 3.44. The van der Waals surface area contributed by atoms with Crippen molar-refractivity contribution in [2.75, 3.05) is 34.0 Å². The number of fused-ring (bicyclic) bond motifs is 1. The smallest absolute Gasteiger partial charge is 0.496 e. The molecule has 0 spiro atoms. The molecule has 1 fully saturated rings. The molecule has 1 heterocycles. The van der Waals surface area contributed by atoms with Crippen molar-refractivity contribution in [2.45, 2.75) is 19.6 Å². The molecule has 10 heteroatoms. The number of halogens is 1. The molecule has 0 aromatic heterocycles. The molecule has 184 valence electrons. The van der Waals surface area contributed by atoms with E-state index in [-0.39, 0.29) is 35.8 Å². The maximum atomic E-state index is 14.2. The molecule has 8 nitrogen and oxygen atoms in total. The standard InChI is InChI=1S/C25H27BFNO7/c1-14-18(8-15-9-21(32-2)25(26(30)31)22(10-15)33-3)17-5-4-16(27)11-20(17)19(14)12-23(29)28-13-24-34-6-7-35-24/h4-5,8-11,24,30-31H,6-7,12-13H2,1-3H3,(H,28,29). The van der Waals surface area contributed by atoms with Gasteiger partial charge in [0.2, 0.25) is 5.91 Å². The number of ether oxygens (including phenoxy) is 4. The van der Waals surface area contributed by atoms with Gasteiger partial charge in [-0.15, -0.1) is 0 Å². The summed E-state index contributed by atoms with van der Waals surface area (Å²) >= 11 is 0. The quantitative estimate of drug-likeness (QED) is 0.491. The molecule has 2 aromatic carbocycles. The summed E-state index contributed by atoms with van der Waals surface area (Å²) in [4.78, 5) is 12.7. The van der Waals surface area contributed by atoms with Crippen LogP contribution in [0.1, 0.15) is 30.0 Å². The Balaban J connectivity index is 1.69. The highest BCUT2D eigenvalue weighted by Crippen LogP contribution is 2.44. The summed E-state index contributed by atoms with van der Waals surface area (Å²) in [5.74, 6) is -0.116. The van der Waals surface area contributed by atoms with Crippen LogP contribution in [0.3, 0.4) is 0 Å². The predicted molar refractivity (Wildman–Crippen MR) is 130 cm³/mol. The summed E-state index contributed by atoms with van der Waals surface area (Å²) in [7, 11) is 1.08. The predicted octanol–water partition coefficient (Wildman–Crippen LogP) is 1.73. The van der Waals surface area contributed by atoms with Gasteiger partial charge in [-0.25, -0.2) is 4.39 Å². The Hall–Kier alpha value is -3.18. The zero-order valence-electron chi connectivity index (χ0n) is 19.8. The number of nitrogens with one attached hydrogen (secondary N) is 1. The lowest BCUT2D eigenvalue weighted by molar-refractivity contribution is -0.122. The van der Waals surface area contributed by atoms with Gasteiger partial charge in [0.1, 0.15) is 17.3 Å². The number of carbonyl (C=O) groups excluding carboxylic acids is 1. The second-order valence-electron chi connectivity index (χ2n) is 8.22. The lowest BCUT2D eigenvalue weighted by atomic mass is 9.78. The molecule has 0 bridgehead atoms. The van der Waals surface area contributed by atoms with Gasteiger partial charge < -0.3 is 34.3 Å². The molecule has 1 aliphatic carbocycles. The first-order chi connectivity index (χ1) is 16.8. The van der Waals surface area contributed by atoms with Crippen molar-refractivity contribution < 1.29 is 38.2 Å². The highest BCUT2D eigenvalue weighted by atomic mass is 19.1. The monoisotopic (exact) mass is 483 g/mol. The van der Waals surface area contributed by atoms with Crippen LogP contribution in [0.5, 0.6) is 11.5 Å². The van der Waals surface area contributed by atoms with Gasteiger partial charge in [-0.1, -0.05) is 6.07 Å². The zero-order chi connectivity index (χ0) is 25.1. The molecule has 2 aliphatic rings. The van der Waals surface area contributed by atoms with E-state index in [0.29, 0.717) is 24.3 Å². The van der Waals surface area contributed by atoms with Gasteiger partial charge in [0.15, 0.2) is 6.29 Å².